The van der Waals surface area contributed by atoms with Gasteiger partial charge in [0, 0.05) is 10.4 Å². The van der Waals surface area contributed by atoms with E-state index in [1.54, 1.807) is 6.20 Å². The van der Waals surface area contributed by atoms with Gasteiger partial charge in [-0.25, -0.2) is 4.98 Å². The molecule has 0 radical (unpaired) electrons. The van der Waals surface area contributed by atoms with Crippen LogP contribution in [0.3, 0.4) is 0 Å². The van der Waals surface area contributed by atoms with E-state index in [1.165, 1.54) is 27.7 Å². The van der Waals surface area contributed by atoms with Gasteiger partial charge in [0.15, 0.2) is 5.76 Å². The molecule has 3 nitrogen and oxygen atoms in total. The molecule has 0 amide bonds. The van der Waals surface area contributed by atoms with Gasteiger partial charge in [-0.1, -0.05) is 66.7 Å². The third kappa shape index (κ3) is 3.30. The SMILES string of the molecule is CC(c1ncc(-c2ccc(-c3ccc(C#N)s3)cc2)o1)c1cccc2ccccc12. The number of hydrogen-bond acceptors (Lipinski definition) is 4. The molecule has 0 saturated carbocycles. The van der Waals surface area contributed by atoms with E-state index in [1.807, 2.05) is 24.3 Å². The van der Waals surface area contributed by atoms with Crippen LogP contribution in [-0.4, -0.2) is 4.98 Å². The zero-order chi connectivity index (χ0) is 20.5. The van der Waals surface area contributed by atoms with Crippen LogP contribution in [0.4, 0.5) is 0 Å². The highest BCUT2D eigenvalue weighted by Crippen LogP contribution is 2.33. The summed E-state index contributed by atoms with van der Waals surface area (Å²) < 4.78 is 6.15. The van der Waals surface area contributed by atoms with Crippen molar-refractivity contribution in [1.29, 1.82) is 5.26 Å². The van der Waals surface area contributed by atoms with Crippen molar-refractivity contribution in [3.8, 4) is 27.8 Å². The minimum atomic E-state index is 0.0552. The summed E-state index contributed by atoms with van der Waals surface area (Å²) in [5, 5.41) is 11.5. The van der Waals surface area contributed by atoms with Gasteiger partial charge < -0.3 is 4.42 Å². The number of aromatic nitrogens is 1. The number of rotatable bonds is 4. The predicted molar refractivity (Wildman–Crippen MR) is 121 cm³/mol. The van der Waals surface area contributed by atoms with Gasteiger partial charge in [0.25, 0.3) is 0 Å². The fraction of sp³-hybridized carbons (Fsp3) is 0.0769. The maximum absolute atomic E-state index is 9.02. The third-order valence-electron chi connectivity index (χ3n) is 5.35. The van der Waals surface area contributed by atoms with E-state index in [0.29, 0.717) is 5.89 Å². The Balaban J connectivity index is 1.43. The average Bonchev–Trinajstić information content (AvgIpc) is 3.48. The smallest absolute Gasteiger partial charge is 0.202 e. The van der Waals surface area contributed by atoms with E-state index < -0.39 is 0 Å². The van der Waals surface area contributed by atoms with Crippen molar-refractivity contribution in [1.82, 2.24) is 4.98 Å². The molecule has 2 aromatic heterocycles. The van der Waals surface area contributed by atoms with E-state index in [2.05, 4.69) is 72.6 Å². The lowest BCUT2D eigenvalue weighted by molar-refractivity contribution is 0.492. The lowest BCUT2D eigenvalue weighted by atomic mass is 9.95. The highest BCUT2D eigenvalue weighted by molar-refractivity contribution is 7.16. The molecule has 0 saturated heterocycles. The maximum Gasteiger partial charge on any atom is 0.202 e. The largest absolute Gasteiger partial charge is 0.440 e. The first kappa shape index (κ1) is 18.4. The summed E-state index contributed by atoms with van der Waals surface area (Å²) in [6, 6.07) is 28.9. The zero-order valence-electron chi connectivity index (χ0n) is 16.4. The normalized spacial score (nSPS) is 12.0. The number of thiophene rings is 1. The Kier molecular flexibility index (Phi) is 4.66. The molecule has 1 unspecified atom stereocenters. The Morgan fingerprint density at radius 3 is 2.47 bits per heavy atom. The minimum absolute atomic E-state index is 0.0552. The Labute approximate surface area is 178 Å². The quantitative estimate of drug-likeness (QED) is 0.316. The van der Waals surface area contributed by atoms with Gasteiger partial charge in [0.05, 0.1) is 12.1 Å². The summed E-state index contributed by atoms with van der Waals surface area (Å²) in [4.78, 5) is 6.37. The Morgan fingerprint density at radius 1 is 0.900 bits per heavy atom. The van der Waals surface area contributed by atoms with E-state index in [0.717, 1.165) is 26.6 Å². The summed E-state index contributed by atoms with van der Waals surface area (Å²) in [5.74, 6) is 1.52. The van der Waals surface area contributed by atoms with Crippen LogP contribution in [0.1, 0.15) is 29.2 Å². The molecule has 0 aliphatic carbocycles. The second-order valence-corrected chi connectivity index (χ2v) is 8.29. The van der Waals surface area contributed by atoms with Crippen LogP contribution in [-0.2, 0) is 0 Å². The van der Waals surface area contributed by atoms with Crippen LogP contribution in [0.2, 0.25) is 0 Å². The highest BCUT2D eigenvalue weighted by Gasteiger charge is 2.17. The third-order valence-corrected chi connectivity index (χ3v) is 6.39. The zero-order valence-corrected chi connectivity index (χ0v) is 17.2. The van der Waals surface area contributed by atoms with Crippen LogP contribution in [0.15, 0.2) is 89.5 Å². The van der Waals surface area contributed by atoms with Crippen LogP contribution < -0.4 is 0 Å². The van der Waals surface area contributed by atoms with Gasteiger partial charge in [-0.05, 0) is 41.0 Å². The molecule has 3 aromatic carbocycles. The van der Waals surface area contributed by atoms with Crippen molar-refractivity contribution in [3.05, 3.63) is 101 Å². The van der Waals surface area contributed by atoms with E-state index in [4.69, 9.17) is 9.68 Å². The van der Waals surface area contributed by atoms with E-state index in [-0.39, 0.29) is 5.92 Å². The molecule has 1 atom stereocenters. The van der Waals surface area contributed by atoms with Gasteiger partial charge in [-0.3, -0.25) is 0 Å². The molecule has 30 heavy (non-hydrogen) atoms. The molecule has 5 aromatic rings. The van der Waals surface area contributed by atoms with E-state index in [9.17, 15) is 0 Å². The summed E-state index contributed by atoms with van der Waals surface area (Å²) >= 11 is 1.50. The van der Waals surface area contributed by atoms with Gasteiger partial charge in [-0.2, -0.15) is 5.26 Å². The Hall–Kier alpha value is -3.68. The fourth-order valence-corrected chi connectivity index (χ4v) is 4.54. The van der Waals surface area contributed by atoms with Gasteiger partial charge in [-0.15, -0.1) is 11.3 Å². The van der Waals surface area contributed by atoms with Crippen molar-refractivity contribution >= 4 is 22.1 Å². The van der Waals surface area contributed by atoms with Crippen molar-refractivity contribution in [3.63, 3.8) is 0 Å². The highest BCUT2D eigenvalue weighted by atomic mass is 32.1. The second kappa shape index (κ2) is 7.62. The number of nitrogens with zero attached hydrogens (tertiary/aromatic N) is 2. The molecule has 5 rings (SSSR count). The Morgan fingerprint density at radius 2 is 1.67 bits per heavy atom. The maximum atomic E-state index is 9.02. The van der Waals surface area contributed by atoms with Crippen molar-refractivity contribution in [2.24, 2.45) is 0 Å². The van der Waals surface area contributed by atoms with Crippen LogP contribution >= 0.6 is 11.3 Å². The predicted octanol–water partition coefficient (Wildman–Crippen LogP) is 7.25. The first-order chi connectivity index (χ1) is 14.7. The summed E-state index contributed by atoms with van der Waals surface area (Å²) in [7, 11) is 0. The first-order valence-corrected chi connectivity index (χ1v) is 10.6. The van der Waals surface area contributed by atoms with Gasteiger partial charge >= 0.3 is 0 Å². The molecule has 4 heteroatoms. The van der Waals surface area contributed by atoms with Crippen LogP contribution in [0, 0.1) is 11.3 Å². The first-order valence-electron chi connectivity index (χ1n) is 9.77. The number of fused-ring (bicyclic) bond motifs is 1. The molecule has 0 fully saturated rings. The lowest BCUT2D eigenvalue weighted by Crippen LogP contribution is -1.97. The van der Waals surface area contributed by atoms with Crippen LogP contribution in [0.25, 0.3) is 32.5 Å². The number of oxazole rings is 1. The van der Waals surface area contributed by atoms with Gasteiger partial charge in [0.1, 0.15) is 10.9 Å². The monoisotopic (exact) mass is 406 g/mol. The summed E-state index contributed by atoms with van der Waals surface area (Å²) in [6.45, 7) is 2.13. The molecule has 0 spiro atoms. The molecule has 144 valence electrons. The molecular weight excluding hydrogens is 388 g/mol. The van der Waals surface area contributed by atoms with Crippen molar-refractivity contribution < 1.29 is 4.42 Å². The van der Waals surface area contributed by atoms with Crippen molar-refractivity contribution in [2.75, 3.05) is 0 Å². The molecule has 0 N–H and O–H groups in total. The molecule has 0 bridgehead atoms. The van der Waals surface area contributed by atoms with Crippen molar-refractivity contribution in [2.45, 2.75) is 12.8 Å². The molecule has 0 aliphatic rings. The Bertz CT molecular complexity index is 1370. The standard InChI is InChI=1S/C26H18N2OS/c1-17(22-8-4-6-18-5-2-3-7-23(18)22)26-28-16-24(29-26)19-9-11-20(12-10-19)25-14-13-21(15-27)30-25/h2-14,16-17H,1H3. The van der Waals surface area contributed by atoms with Gasteiger partial charge in [0.2, 0.25) is 5.89 Å². The number of benzene rings is 3. The molecule has 0 aliphatic heterocycles. The molecule has 2 heterocycles. The average molecular weight is 407 g/mol. The van der Waals surface area contributed by atoms with E-state index >= 15 is 0 Å². The number of hydrogen-bond donors (Lipinski definition) is 0. The van der Waals surface area contributed by atoms with Crippen LogP contribution in [0.5, 0.6) is 0 Å². The molecular formula is C26H18N2OS. The number of nitriles is 1. The summed E-state index contributed by atoms with van der Waals surface area (Å²) in [5.41, 5.74) is 3.29. The minimum Gasteiger partial charge on any atom is -0.440 e. The summed E-state index contributed by atoms with van der Waals surface area (Å²) in [6.07, 6.45) is 1.80. The fourth-order valence-electron chi connectivity index (χ4n) is 3.73. The lowest BCUT2D eigenvalue weighted by Gasteiger charge is -2.11. The topological polar surface area (TPSA) is 49.8 Å². The second-order valence-electron chi connectivity index (χ2n) is 7.21.